The van der Waals surface area contributed by atoms with E-state index in [-0.39, 0.29) is 12.2 Å². The zero-order chi connectivity index (χ0) is 15.4. The zero-order valence-electron chi connectivity index (χ0n) is 11.3. The van der Waals surface area contributed by atoms with Crippen molar-refractivity contribution < 1.29 is 13.9 Å². The fraction of sp³-hybridized carbons (Fsp3) is 0.188. The maximum atomic E-state index is 13.6. The first-order valence-corrected chi connectivity index (χ1v) is 7.51. The minimum atomic E-state index is -0.679. The second-order valence-corrected chi connectivity index (χ2v) is 5.95. The van der Waals surface area contributed by atoms with Gasteiger partial charge in [0.25, 0.3) is 0 Å². The van der Waals surface area contributed by atoms with Crippen molar-refractivity contribution in [3.8, 4) is 5.75 Å². The zero-order valence-corrected chi connectivity index (χ0v) is 13.6. The van der Waals surface area contributed by atoms with Gasteiger partial charge in [0.05, 0.1) is 0 Å². The smallest absolute Gasteiger partial charge is 0.177 e. The molecule has 1 atom stereocenters. The summed E-state index contributed by atoms with van der Waals surface area (Å²) >= 11 is 9.12. The molecule has 21 heavy (non-hydrogen) atoms. The quantitative estimate of drug-likeness (QED) is 0.753. The van der Waals surface area contributed by atoms with Gasteiger partial charge in [-0.1, -0.05) is 33.6 Å². The summed E-state index contributed by atoms with van der Waals surface area (Å²) in [6.45, 7) is 1.64. The van der Waals surface area contributed by atoms with Crippen LogP contribution in [0, 0.1) is 5.82 Å². The molecule has 0 bridgehead atoms. The van der Waals surface area contributed by atoms with Crippen molar-refractivity contribution in [3.63, 3.8) is 0 Å². The Morgan fingerprint density at radius 3 is 2.81 bits per heavy atom. The second-order valence-electron chi connectivity index (χ2n) is 4.60. The number of ether oxygens (including phenoxy) is 1. The van der Waals surface area contributed by atoms with Gasteiger partial charge in [0, 0.05) is 15.9 Å². The molecule has 0 aliphatic carbocycles. The minimum absolute atomic E-state index is 0.0208. The number of Topliss-reactive ketones (excluding diaryl/α,β-unsaturated/α-hetero) is 1. The number of carbonyl (C=O) groups is 1. The van der Waals surface area contributed by atoms with Crippen LogP contribution in [0.15, 0.2) is 46.9 Å². The molecule has 0 saturated heterocycles. The van der Waals surface area contributed by atoms with E-state index in [1.165, 1.54) is 6.07 Å². The molecule has 5 heteroatoms. The topological polar surface area (TPSA) is 26.3 Å². The number of carbonyl (C=O) groups excluding carboxylic acids is 1. The summed E-state index contributed by atoms with van der Waals surface area (Å²) in [5, 5.41) is 0.533. The van der Waals surface area contributed by atoms with Gasteiger partial charge in [-0.15, -0.1) is 0 Å². The fourth-order valence-corrected chi connectivity index (χ4v) is 2.41. The van der Waals surface area contributed by atoms with Crippen LogP contribution in [0.4, 0.5) is 4.39 Å². The first-order valence-electron chi connectivity index (χ1n) is 6.34. The Labute approximate surface area is 136 Å². The molecule has 0 spiro atoms. The summed E-state index contributed by atoms with van der Waals surface area (Å²) in [6, 6.07) is 11.3. The molecule has 0 aromatic heterocycles. The van der Waals surface area contributed by atoms with Crippen LogP contribution in [0.25, 0.3) is 0 Å². The number of halogens is 3. The Kier molecular flexibility index (Phi) is 5.37. The monoisotopic (exact) mass is 370 g/mol. The third-order valence-electron chi connectivity index (χ3n) is 2.93. The first kappa shape index (κ1) is 16.0. The van der Waals surface area contributed by atoms with Crippen molar-refractivity contribution in [2.45, 2.75) is 19.4 Å². The molecular weight excluding hydrogens is 359 g/mol. The lowest BCUT2D eigenvalue weighted by atomic mass is 10.1. The Balaban J connectivity index is 2.04. The van der Waals surface area contributed by atoms with Gasteiger partial charge >= 0.3 is 0 Å². The van der Waals surface area contributed by atoms with Crippen LogP contribution < -0.4 is 4.74 Å². The fourth-order valence-electron chi connectivity index (χ4n) is 1.82. The van der Waals surface area contributed by atoms with Crippen molar-refractivity contribution in [2.24, 2.45) is 0 Å². The number of rotatable bonds is 5. The van der Waals surface area contributed by atoms with E-state index in [4.69, 9.17) is 16.3 Å². The van der Waals surface area contributed by atoms with E-state index >= 15 is 0 Å². The van der Waals surface area contributed by atoms with Gasteiger partial charge in [-0.05, 0) is 48.9 Å². The Morgan fingerprint density at radius 1 is 1.33 bits per heavy atom. The van der Waals surface area contributed by atoms with Crippen molar-refractivity contribution >= 4 is 33.3 Å². The summed E-state index contributed by atoms with van der Waals surface area (Å²) < 4.78 is 19.9. The Morgan fingerprint density at radius 2 is 2.10 bits per heavy atom. The van der Waals surface area contributed by atoms with E-state index in [9.17, 15) is 9.18 Å². The molecule has 0 aliphatic heterocycles. The molecule has 0 saturated carbocycles. The van der Waals surface area contributed by atoms with E-state index in [0.29, 0.717) is 16.3 Å². The molecule has 110 valence electrons. The van der Waals surface area contributed by atoms with Crippen molar-refractivity contribution in [2.75, 3.05) is 0 Å². The molecule has 0 aliphatic rings. The first-order chi connectivity index (χ1) is 9.95. The van der Waals surface area contributed by atoms with Gasteiger partial charge in [-0.3, -0.25) is 4.79 Å². The second kappa shape index (κ2) is 7.05. The van der Waals surface area contributed by atoms with Crippen LogP contribution in [-0.4, -0.2) is 11.9 Å². The van der Waals surface area contributed by atoms with Crippen LogP contribution in [0.3, 0.4) is 0 Å². The largest absolute Gasteiger partial charge is 0.483 e. The molecule has 2 nitrogen and oxygen atoms in total. The third kappa shape index (κ3) is 4.55. The summed E-state index contributed by atoms with van der Waals surface area (Å²) in [6.07, 6.45) is -0.700. The molecule has 2 aromatic rings. The van der Waals surface area contributed by atoms with Crippen molar-refractivity contribution in [1.82, 2.24) is 0 Å². The van der Waals surface area contributed by atoms with Crippen LogP contribution in [0.1, 0.15) is 12.5 Å². The van der Waals surface area contributed by atoms with Gasteiger partial charge in [0.15, 0.2) is 11.9 Å². The van der Waals surface area contributed by atoms with Gasteiger partial charge in [0.2, 0.25) is 0 Å². The lowest BCUT2D eigenvalue weighted by Gasteiger charge is -2.14. The predicted octanol–water partition coefficient (Wildman–Crippen LogP) is 4.82. The van der Waals surface area contributed by atoms with Gasteiger partial charge in [0.1, 0.15) is 11.6 Å². The summed E-state index contributed by atoms with van der Waals surface area (Å²) in [7, 11) is 0. The highest BCUT2D eigenvalue weighted by Crippen LogP contribution is 2.20. The molecule has 0 radical (unpaired) electrons. The number of hydrogen-bond acceptors (Lipinski definition) is 2. The normalized spacial score (nSPS) is 12.0. The van der Waals surface area contributed by atoms with Crippen LogP contribution in [-0.2, 0) is 11.2 Å². The molecule has 2 rings (SSSR count). The van der Waals surface area contributed by atoms with E-state index in [1.807, 2.05) is 0 Å². The van der Waals surface area contributed by atoms with Gasteiger partial charge < -0.3 is 4.74 Å². The highest BCUT2D eigenvalue weighted by Gasteiger charge is 2.17. The average molecular weight is 372 g/mol. The lowest BCUT2D eigenvalue weighted by molar-refractivity contribution is -0.124. The lowest BCUT2D eigenvalue weighted by Crippen LogP contribution is -2.25. The minimum Gasteiger partial charge on any atom is -0.483 e. The highest BCUT2D eigenvalue weighted by atomic mass is 79.9. The summed E-state index contributed by atoms with van der Waals surface area (Å²) in [5.74, 6) is -0.0912. The molecule has 0 heterocycles. The third-order valence-corrected chi connectivity index (χ3v) is 3.66. The molecular formula is C16H13BrClFO2. The molecule has 1 unspecified atom stereocenters. The molecule has 2 aromatic carbocycles. The molecule has 0 amide bonds. The maximum Gasteiger partial charge on any atom is 0.177 e. The van der Waals surface area contributed by atoms with E-state index in [1.54, 1.807) is 43.3 Å². The van der Waals surface area contributed by atoms with E-state index in [2.05, 4.69) is 15.9 Å². The standard InChI is InChI=1S/C16H13BrClFO2/c1-10(21-14-4-2-3-13(18)9-14)16(20)8-11-7-12(17)5-6-15(11)19/h2-7,9-10H,8H2,1H3. The van der Waals surface area contributed by atoms with E-state index < -0.39 is 11.9 Å². The predicted molar refractivity (Wildman–Crippen MR) is 84.4 cm³/mol. The van der Waals surface area contributed by atoms with E-state index in [0.717, 1.165) is 4.47 Å². The van der Waals surface area contributed by atoms with Gasteiger partial charge in [-0.2, -0.15) is 0 Å². The summed E-state index contributed by atoms with van der Waals surface area (Å²) in [5.41, 5.74) is 0.343. The molecule has 0 N–H and O–H groups in total. The van der Waals surface area contributed by atoms with Crippen LogP contribution in [0.2, 0.25) is 5.02 Å². The summed E-state index contributed by atoms with van der Waals surface area (Å²) in [4.78, 5) is 12.1. The number of benzene rings is 2. The Bertz CT molecular complexity index is 660. The van der Waals surface area contributed by atoms with Gasteiger partial charge in [-0.25, -0.2) is 4.39 Å². The average Bonchev–Trinajstić information content (AvgIpc) is 2.43. The highest BCUT2D eigenvalue weighted by molar-refractivity contribution is 9.10. The number of hydrogen-bond donors (Lipinski definition) is 0. The van der Waals surface area contributed by atoms with Crippen LogP contribution in [0.5, 0.6) is 5.75 Å². The number of ketones is 1. The molecule has 0 fully saturated rings. The Hall–Kier alpha value is -1.39. The SMILES string of the molecule is CC(Oc1cccc(Cl)c1)C(=O)Cc1cc(Br)ccc1F. The maximum absolute atomic E-state index is 13.6. The van der Waals surface area contributed by atoms with Crippen LogP contribution >= 0.6 is 27.5 Å². The van der Waals surface area contributed by atoms with Crippen molar-refractivity contribution in [1.29, 1.82) is 0 Å². The van der Waals surface area contributed by atoms with Crippen molar-refractivity contribution in [3.05, 3.63) is 63.3 Å².